The van der Waals surface area contributed by atoms with Crippen molar-refractivity contribution in [3.05, 3.63) is 84.4 Å². The molecule has 0 saturated carbocycles. The van der Waals surface area contributed by atoms with Gasteiger partial charge in [0.15, 0.2) is 0 Å². The van der Waals surface area contributed by atoms with Crippen molar-refractivity contribution in [3.8, 4) is 22.6 Å². The van der Waals surface area contributed by atoms with E-state index in [0.717, 1.165) is 28.2 Å². The zero-order chi connectivity index (χ0) is 19.1. The minimum atomic E-state index is -0.659. The third-order valence-electron chi connectivity index (χ3n) is 4.12. The van der Waals surface area contributed by atoms with Gasteiger partial charge in [0.25, 0.3) is 0 Å². The SMILES string of the molecule is CCOC(=O)C(N)Cc1cccc(-c2cccc(Oc3ccccc3)c2)c1. The van der Waals surface area contributed by atoms with E-state index in [1.54, 1.807) is 6.92 Å². The second kappa shape index (κ2) is 9.01. The summed E-state index contributed by atoms with van der Waals surface area (Å²) in [6.07, 6.45) is 0.437. The predicted octanol–water partition coefficient (Wildman–Crippen LogP) is 4.58. The van der Waals surface area contributed by atoms with Crippen LogP contribution in [-0.2, 0) is 16.0 Å². The number of nitrogens with two attached hydrogens (primary N) is 1. The van der Waals surface area contributed by atoms with Crippen LogP contribution in [-0.4, -0.2) is 18.6 Å². The largest absolute Gasteiger partial charge is 0.465 e. The first-order valence-corrected chi connectivity index (χ1v) is 9.00. The van der Waals surface area contributed by atoms with Gasteiger partial charge >= 0.3 is 5.97 Å². The molecule has 138 valence electrons. The Labute approximate surface area is 159 Å². The third-order valence-corrected chi connectivity index (χ3v) is 4.12. The molecular weight excluding hydrogens is 338 g/mol. The van der Waals surface area contributed by atoms with E-state index in [1.807, 2.05) is 78.9 Å². The molecular formula is C23H23NO3. The molecule has 1 unspecified atom stereocenters. The highest BCUT2D eigenvalue weighted by atomic mass is 16.5. The van der Waals surface area contributed by atoms with E-state index in [9.17, 15) is 4.79 Å². The van der Waals surface area contributed by atoms with Crippen LogP contribution in [0, 0.1) is 0 Å². The zero-order valence-corrected chi connectivity index (χ0v) is 15.3. The first-order valence-electron chi connectivity index (χ1n) is 9.00. The van der Waals surface area contributed by atoms with Crippen LogP contribution in [0.1, 0.15) is 12.5 Å². The molecule has 0 amide bonds. The van der Waals surface area contributed by atoms with Crippen LogP contribution in [0.3, 0.4) is 0 Å². The molecule has 0 radical (unpaired) electrons. The summed E-state index contributed by atoms with van der Waals surface area (Å²) in [5.41, 5.74) is 9.01. The predicted molar refractivity (Wildman–Crippen MR) is 107 cm³/mol. The summed E-state index contributed by atoms with van der Waals surface area (Å²) >= 11 is 0. The van der Waals surface area contributed by atoms with Gasteiger partial charge in [-0.2, -0.15) is 0 Å². The number of benzene rings is 3. The number of carbonyl (C=O) groups excluding carboxylic acids is 1. The van der Waals surface area contributed by atoms with Crippen LogP contribution in [0.15, 0.2) is 78.9 Å². The number of para-hydroxylation sites is 1. The number of carbonyl (C=O) groups is 1. The Morgan fingerprint density at radius 2 is 1.56 bits per heavy atom. The van der Waals surface area contributed by atoms with E-state index in [-0.39, 0.29) is 5.97 Å². The van der Waals surface area contributed by atoms with Gasteiger partial charge in [0.05, 0.1) is 6.61 Å². The minimum absolute atomic E-state index is 0.334. The maximum Gasteiger partial charge on any atom is 0.323 e. The lowest BCUT2D eigenvalue weighted by Gasteiger charge is -2.12. The molecule has 0 aromatic heterocycles. The molecule has 2 N–H and O–H groups in total. The van der Waals surface area contributed by atoms with Gasteiger partial charge in [-0.05, 0) is 54.3 Å². The van der Waals surface area contributed by atoms with Gasteiger partial charge in [0.1, 0.15) is 17.5 Å². The number of hydrogen-bond donors (Lipinski definition) is 1. The van der Waals surface area contributed by atoms with Gasteiger partial charge in [0, 0.05) is 0 Å². The normalized spacial score (nSPS) is 11.6. The van der Waals surface area contributed by atoms with Crippen molar-refractivity contribution in [2.45, 2.75) is 19.4 Å². The van der Waals surface area contributed by atoms with E-state index in [4.69, 9.17) is 15.2 Å². The van der Waals surface area contributed by atoms with Crippen LogP contribution in [0.4, 0.5) is 0 Å². The molecule has 4 heteroatoms. The molecule has 0 aliphatic rings. The number of esters is 1. The highest BCUT2D eigenvalue weighted by Gasteiger charge is 2.15. The van der Waals surface area contributed by atoms with Crippen molar-refractivity contribution < 1.29 is 14.3 Å². The molecule has 0 aliphatic carbocycles. The molecule has 0 spiro atoms. The average Bonchev–Trinajstić information content (AvgIpc) is 2.69. The number of hydrogen-bond acceptors (Lipinski definition) is 4. The van der Waals surface area contributed by atoms with Crippen molar-refractivity contribution in [1.29, 1.82) is 0 Å². The van der Waals surface area contributed by atoms with Crippen molar-refractivity contribution in [1.82, 2.24) is 0 Å². The lowest BCUT2D eigenvalue weighted by molar-refractivity contribution is -0.144. The minimum Gasteiger partial charge on any atom is -0.465 e. The molecule has 3 aromatic carbocycles. The zero-order valence-electron chi connectivity index (χ0n) is 15.3. The Kier molecular flexibility index (Phi) is 6.23. The lowest BCUT2D eigenvalue weighted by atomic mass is 9.99. The van der Waals surface area contributed by atoms with E-state index >= 15 is 0 Å². The van der Waals surface area contributed by atoms with Gasteiger partial charge in [-0.15, -0.1) is 0 Å². The Balaban J connectivity index is 1.76. The van der Waals surface area contributed by atoms with E-state index in [2.05, 4.69) is 0 Å². The summed E-state index contributed by atoms with van der Waals surface area (Å²) in [5.74, 6) is 1.19. The number of rotatable bonds is 7. The average molecular weight is 361 g/mol. The van der Waals surface area contributed by atoms with Crippen molar-refractivity contribution in [2.24, 2.45) is 5.73 Å². The van der Waals surface area contributed by atoms with Gasteiger partial charge < -0.3 is 15.2 Å². The number of ether oxygens (including phenoxy) is 2. The maximum absolute atomic E-state index is 11.8. The second-order valence-corrected chi connectivity index (χ2v) is 6.21. The highest BCUT2D eigenvalue weighted by molar-refractivity contribution is 5.76. The fourth-order valence-corrected chi connectivity index (χ4v) is 2.83. The van der Waals surface area contributed by atoms with Crippen LogP contribution in [0.5, 0.6) is 11.5 Å². The smallest absolute Gasteiger partial charge is 0.323 e. The standard InChI is InChI=1S/C23H23NO3/c1-2-26-23(25)22(24)15-17-8-6-9-18(14-17)19-10-7-13-21(16-19)27-20-11-4-3-5-12-20/h3-14,16,22H,2,15,24H2,1H3. The first kappa shape index (κ1) is 18.7. The summed E-state index contributed by atoms with van der Waals surface area (Å²) in [6.45, 7) is 2.11. The van der Waals surface area contributed by atoms with Crippen LogP contribution in [0.25, 0.3) is 11.1 Å². The van der Waals surface area contributed by atoms with E-state index in [0.29, 0.717) is 13.0 Å². The quantitative estimate of drug-likeness (QED) is 0.626. The topological polar surface area (TPSA) is 61.5 Å². The molecule has 0 saturated heterocycles. The summed E-state index contributed by atoms with van der Waals surface area (Å²) < 4.78 is 10.9. The molecule has 1 atom stereocenters. The Morgan fingerprint density at radius 3 is 2.30 bits per heavy atom. The Hall–Kier alpha value is -3.11. The third kappa shape index (κ3) is 5.19. The molecule has 3 rings (SSSR count). The fourth-order valence-electron chi connectivity index (χ4n) is 2.83. The summed E-state index contributed by atoms with van der Waals surface area (Å²) in [7, 11) is 0. The molecule has 0 fully saturated rings. The molecule has 0 aliphatic heterocycles. The molecule has 3 aromatic rings. The maximum atomic E-state index is 11.8. The Morgan fingerprint density at radius 1 is 0.889 bits per heavy atom. The van der Waals surface area contributed by atoms with Gasteiger partial charge in [-0.1, -0.05) is 54.6 Å². The lowest BCUT2D eigenvalue weighted by Crippen LogP contribution is -2.34. The molecule has 4 nitrogen and oxygen atoms in total. The van der Waals surface area contributed by atoms with Gasteiger partial charge in [0.2, 0.25) is 0 Å². The van der Waals surface area contributed by atoms with Gasteiger partial charge in [-0.25, -0.2) is 0 Å². The molecule has 0 bridgehead atoms. The van der Waals surface area contributed by atoms with Crippen molar-refractivity contribution >= 4 is 5.97 Å². The fraction of sp³-hybridized carbons (Fsp3) is 0.174. The van der Waals surface area contributed by atoms with E-state index < -0.39 is 6.04 Å². The first-order chi connectivity index (χ1) is 13.2. The molecule has 0 heterocycles. The van der Waals surface area contributed by atoms with Crippen molar-refractivity contribution in [3.63, 3.8) is 0 Å². The summed E-state index contributed by atoms with van der Waals surface area (Å²) in [5, 5.41) is 0. The Bertz CT molecular complexity index is 893. The van der Waals surface area contributed by atoms with Crippen LogP contribution in [0.2, 0.25) is 0 Å². The summed E-state index contributed by atoms with van der Waals surface area (Å²) in [6, 6.07) is 24.9. The van der Waals surface area contributed by atoms with E-state index in [1.165, 1.54) is 0 Å². The molecule has 27 heavy (non-hydrogen) atoms. The monoisotopic (exact) mass is 361 g/mol. The van der Waals surface area contributed by atoms with Crippen molar-refractivity contribution in [2.75, 3.05) is 6.61 Å². The second-order valence-electron chi connectivity index (χ2n) is 6.21. The van der Waals surface area contributed by atoms with Crippen LogP contribution >= 0.6 is 0 Å². The summed E-state index contributed by atoms with van der Waals surface area (Å²) in [4.78, 5) is 11.8. The van der Waals surface area contributed by atoms with Crippen LogP contribution < -0.4 is 10.5 Å². The highest BCUT2D eigenvalue weighted by Crippen LogP contribution is 2.28. The van der Waals surface area contributed by atoms with Gasteiger partial charge in [-0.3, -0.25) is 4.79 Å².